The molecule has 0 bridgehead atoms. The zero-order chi connectivity index (χ0) is 16.1. The van der Waals surface area contributed by atoms with E-state index in [1.54, 1.807) is 0 Å². The molecule has 2 aromatic rings. The van der Waals surface area contributed by atoms with Gasteiger partial charge in [0.05, 0.1) is 0 Å². The van der Waals surface area contributed by atoms with Crippen molar-refractivity contribution in [3.05, 3.63) is 54.6 Å². The fourth-order valence-corrected chi connectivity index (χ4v) is 3.13. The van der Waals surface area contributed by atoms with Gasteiger partial charge in [0.2, 0.25) is 5.91 Å². The Balaban J connectivity index is 0.00000208. The molecular weight excluding hydrogens is 322 g/mol. The Kier molecular flexibility index (Phi) is 6.64. The van der Waals surface area contributed by atoms with Crippen LogP contribution in [0.25, 0.3) is 0 Å². The zero-order valence-corrected chi connectivity index (χ0v) is 14.4. The van der Waals surface area contributed by atoms with Gasteiger partial charge in [-0.05, 0) is 49.1 Å². The van der Waals surface area contributed by atoms with Crippen molar-refractivity contribution < 1.29 is 4.79 Å². The van der Waals surface area contributed by atoms with Gasteiger partial charge in [-0.3, -0.25) is 4.79 Å². The first-order valence-electron chi connectivity index (χ1n) is 8.18. The molecule has 24 heavy (non-hydrogen) atoms. The minimum atomic E-state index is 0. The Bertz CT molecular complexity index is 663. The van der Waals surface area contributed by atoms with Crippen molar-refractivity contribution in [2.24, 2.45) is 11.7 Å². The molecular formula is C19H24ClN3O. The number of carbonyl (C=O) groups excluding carboxylic acids is 1. The maximum Gasteiger partial charge on any atom is 0.224 e. The van der Waals surface area contributed by atoms with Crippen LogP contribution < -0.4 is 16.4 Å². The van der Waals surface area contributed by atoms with E-state index >= 15 is 0 Å². The number of nitrogens with one attached hydrogen (secondary N) is 2. The summed E-state index contributed by atoms with van der Waals surface area (Å²) in [4.78, 5) is 12.2. The van der Waals surface area contributed by atoms with Crippen LogP contribution in [0.2, 0.25) is 0 Å². The largest absolute Gasteiger partial charge is 0.355 e. The summed E-state index contributed by atoms with van der Waals surface area (Å²) in [7, 11) is 0. The van der Waals surface area contributed by atoms with E-state index in [-0.39, 0.29) is 24.4 Å². The number of anilines is 3. The molecule has 4 N–H and O–H groups in total. The summed E-state index contributed by atoms with van der Waals surface area (Å²) in [6.45, 7) is 0. The van der Waals surface area contributed by atoms with Crippen molar-refractivity contribution in [2.75, 3.05) is 10.6 Å². The van der Waals surface area contributed by atoms with E-state index in [1.165, 1.54) is 0 Å². The van der Waals surface area contributed by atoms with Gasteiger partial charge in [0.15, 0.2) is 0 Å². The van der Waals surface area contributed by atoms with E-state index in [9.17, 15) is 4.79 Å². The predicted octanol–water partition coefficient (Wildman–Crippen LogP) is 4.31. The molecule has 1 saturated carbocycles. The number of hydrogen-bond acceptors (Lipinski definition) is 3. The number of benzene rings is 2. The molecule has 5 heteroatoms. The number of halogens is 1. The fraction of sp³-hybridized carbons (Fsp3) is 0.316. The second kappa shape index (κ2) is 8.71. The number of nitrogens with two attached hydrogens (primary N) is 1. The lowest BCUT2D eigenvalue weighted by Gasteiger charge is -2.15. The number of amides is 1. The van der Waals surface area contributed by atoms with E-state index in [4.69, 9.17) is 5.73 Å². The predicted molar refractivity (Wildman–Crippen MR) is 102 cm³/mol. The van der Waals surface area contributed by atoms with Gasteiger partial charge in [0, 0.05) is 29.5 Å². The molecule has 0 aromatic heterocycles. The maximum absolute atomic E-state index is 12.2. The van der Waals surface area contributed by atoms with E-state index in [1.807, 2.05) is 54.6 Å². The quantitative estimate of drug-likeness (QED) is 0.756. The second-order valence-corrected chi connectivity index (χ2v) is 6.18. The van der Waals surface area contributed by atoms with Crippen molar-refractivity contribution in [1.29, 1.82) is 0 Å². The number of hydrogen-bond donors (Lipinski definition) is 3. The van der Waals surface area contributed by atoms with Crippen LogP contribution in [-0.4, -0.2) is 11.9 Å². The van der Waals surface area contributed by atoms with Crippen molar-refractivity contribution in [1.82, 2.24) is 0 Å². The zero-order valence-electron chi connectivity index (χ0n) is 13.6. The molecule has 0 spiro atoms. The van der Waals surface area contributed by atoms with Crippen molar-refractivity contribution in [3.8, 4) is 0 Å². The van der Waals surface area contributed by atoms with Crippen molar-refractivity contribution >= 4 is 35.4 Å². The van der Waals surface area contributed by atoms with Crippen LogP contribution in [-0.2, 0) is 4.79 Å². The minimum Gasteiger partial charge on any atom is -0.355 e. The van der Waals surface area contributed by atoms with Crippen LogP contribution in [0.1, 0.15) is 25.7 Å². The van der Waals surface area contributed by atoms with Gasteiger partial charge in [0.1, 0.15) is 0 Å². The van der Waals surface area contributed by atoms with Crippen molar-refractivity contribution in [3.63, 3.8) is 0 Å². The van der Waals surface area contributed by atoms with E-state index in [2.05, 4.69) is 10.6 Å². The molecule has 128 valence electrons. The van der Waals surface area contributed by atoms with Gasteiger partial charge in [-0.1, -0.05) is 30.7 Å². The molecule has 2 aromatic carbocycles. The molecule has 2 atom stereocenters. The minimum absolute atomic E-state index is 0. The third kappa shape index (κ3) is 4.98. The second-order valence-electron chi connectivity index (χ2n) is 6.18. The van der Waals surface area contributed by atoms with Crippen LogP contribution in [0.3, 0.4) is 0 Å². The number of carbonyl (C=O) groups is 1. The smallest absolute Gasteiger partial charge is 0.224 e. The summed E-state index contributed by atoms with van der Waals surface area (Å²) in [5.41, 5.74) is 8.82. The molecule has 1 aliphatic rings. The third-order valence-electron chi connectivity index (χ3n) is 4.37. The first-order chi connectivity index (χ1) is 11.2. The van der Waals surface area contributed by atoms with Gasteiger partial charge in [0.25, 0.3) is 0 Å². The summed E-state index contributed by atoms with van der Waals surface area (Å²) in [5.74, 6) is 0.366. The van der Waals surface area contributed by atoms with Crippen LogP contribution >= 0.6 is 12.4 Å². The van der Waals surface area contributed by atoms with Gasteiger partial charge in [-0.2, -0.15) is 0 Å². The van der Waals surface area contributed by atoms with Crippen LogP contribution in [0, 0.1) is 5.92 Å². The summed E-state index contributed by atoms with van der Waals surface area (Å²) >= 11 is 0. The van der Waals surface area contributed by atoms with Gasteiger partial charge in [-0.15, -0.1) is 12.4 Å². The van der Waals surface area contributed by atoms with Crippen LogP contribution in [0.4, 0.5) is 17.1 Å². The average Bonchev–Trinajstić information content (AvgIpc) is 2.93. The van der Waals surface area contributed by atoms with Gasteiger partial charge in [-0.25, -0.2) is 0 Å². The topological polar surface area (TPSA) is 67.2 Å². The molecule has 1 amide bonds. The molecule has 3 rings (SSSR count). The van der Waals surface area contributed by atoms with E-state index < -0.39 is 0 Å². The molecule has 4 nitrogen and oxygen atoms in total. The summed E-state index contributed by atoms with van der Waals surface area (Å²) in [5, 5.41) is 6.31. The summed E-state index contributed by atoms with van der Waals surface area (Å²) in [6, 6.07) is 17.9. The first kappa shape index (κ1) is 18.3. The van der Waals surface area contributed by atoms with E-state index in [0.717, 1.165) is 36.3 Å². The van der Waals surface area contributed by atoms with Crippen LogP contribution in [0.15, 0.2) is 54.6 Å². The highest BCUT2D eigenvalue weighted by atomic mass is 35.5. The van der Waals surface area contributed by atoms with Gasteiger partial charge >= 0.3 is 0 Å². The van der Waals surface area contributed by atoms with E-state index in [0.29, 0.717) is 12.3 Å². The molecule has 0 aliphatic heterocycles. The Hall–Kier alpha value is -2.04. The maximum atomic E-state index is 12.2. The Morgan fingerprint density at radius 3 is 2.42 bits per heavy atom. The Morgan fingerprint density at radius 1 is 1.00 bits per heavy atom. The van der Waals surface area contributed by atoms with Crippen molar-refractivity contribution in [2.45, 2.75) is 31.7 Å². The normalized spacial score (nSPS) is 19.4. The highest BCUT2D eigenvalue weighted by Crippen LogP contribution is 2.27. The molecule has 0 saturated heterocycles. The first-order valence-corrected chi connectivity index (χ1v) is 8.18. The highest BCUT2D eigenvalue weighted by molar-refractivity contribution is 5.91. The Morgan fingerprint density at radius 2 is 1.71 bits per heavy atom. The molecule has 1 fully saturated rings. The summed E-state index contributed by atoms with van der Waals surface area (Å²) < 4.78 is 0. The lowest BCUT2D eigenvalue weighted by molar-refractivity contribution is -0.117. The molecule has 0 heterocycles. The lowest BCUT2D eigenvalue weighted by Crippen LogP contribution is -2.28. The highest BCUT2D eigenvalue weighted by Gasteiger charge is 2.25. The average molecular weight is 346 g/mol. The standard InChI is InChI=1S/C19H23N3O.ClH/c20-18-11-4-6-14(18)12-19(23)22-17-10-5-9-16(13-17)21-15-7-2-1-3-8-15;/h1-3,5,7-10,13-14,18,21H,4,6,11-12,20H2,(H,22,23);1H/t14-,18+;/m0./s1. The third-order valence-corrected chi connectivity index (χ3v) is 4.37. The van der Waals surface area contributed by atoms with Gasteiger partial charge < -0.3 is 16.4 Å². The number of para-hydroxylation sites is 1. The Labute approximate surface area is 149 Å². The molecule has 0 unspecified atom stereocenters. The summed E-state index contributed by atoms with van der Waals surface area (Å²) in [6.07, 6.45) is 3.74. The lowest BCUT2D eigenvalue weighted by atomic mass is 10.00. The molecule has 1 aliphatic carbocycles. The monoisotopic (exact) mass is 345 g/mol. The fourth-order valence-electron chi connectivity index (χ4n) is 3.13. The van der Waals surface area contributed by atoms with Crippen LogP contribution in [0.5, 0.6) is 0 Å². The number of rotatable bonds is 5. The SMILES string of the molecule is Cl.N[C@@H]1CCC[C@H]1CC(=O)Nc1cccc(Nc2ccccc2)c1. The molecule has 0 radical (unpaired) electrons.